The third-order valence-electron chi connectivity index (χ3n) is 3.17. The van der Waals surface area contributed by atoms with Crippen molar-refractivity contribution in [3.8, 4) is 5.69 Å². The fourth-order valence-electron chi connectivity index (χ4n) is 2.03. The number of amides is 1. The summed E-state index contributed by atoms with van der Waals surface area (Å²) in [6.07, 6.45) is 0.694. The maximum absolute atomic E-state index is 12.2. The maximum Gasteiger partial charge on any atom is 0.290 e. The van der Waals surface area contributed by atoms with Crippen molar-refractivity contribution in [3.05, 3.63) is 39.9 Å². The van der Waals surface area contributed by atoms with Crippen molar-refractivity contribution in [2.45, 2.75) is 26.2 Å². The molecule has 6 nitrogen and oxygen atoms in total. The Morgan fingerprint density at radius 2 is 1.96 bits per heavy atom. The third-order valence-corrected chi connectivity index (χ3v) is 3.78. The molecule has 2 rings (SSSR count). The Bertz CT molecular complexity index is 682. The second-order valence-corrected chi connectivity index (χ2v) is 6.14. The second-order valence-electron chi connectivity index (χ2n) is 5.33. The van der Waals surface area contributed by atoms with Crippen LogP contribution in [-0.2, 0) is 0 Å². The first-order valence-corrected chi connectivity index (χ1v) is 8.11. The molecule has 0 aliphatic carbocycles. The quantitative estimate of drug-likeness (QED) is 0.739. The minimum atomic E-state index is -0.345. The van der Waals surface area contributed by atoms with E-state index in [0.717, 1.165) is 0 Å². The van der Waals surface area contributed by atoms with Crippen molar-refractivity contribution in [1.82, 2.24) is 20.1 Å². The molecule has 1 aromatic carbocycles. The van der Waals surface area contributed by atoms with Gasteiger partial charge >= 0.3 is 0 Å². The number of carbonyl (C=O) groups excluding carboxylic acids is 1. The lowest BCUT2D eigenvalue weighted by Crippen LogP contribution is -2.27. The molecule has 0 saturated heterocycles. The molecule has 1 heterocycles. The van der Waals surface area contributed by atoms with E-state index < -0.39 is 0 Å². The van der Waals surface area contributed by atoms with E-state index >= 15 is 0 Å². The van der Waals surface area contributed by atoms with Crippen LogP contribution in [0.15, 0.2) is 18.2 Å². The summed E-state index contributed by atoms with van der Waals surface area (Å²) in [5, 5.41) is 7.92. The molecule has 0 aliphatic rings. The highest BCUT2D eigenvalue weighted by atomic mass is 35.5. The van der Waals surface area contributed by atoms with Crippen molar-refractivity contribution in [1.29, 1.82) is 0 Å². The van der Waals surface area contributed by atoms with Crippen LogP contribution in [0.25, 0.3) is 5.69 Å². The van der Waals surface area contributed by atoms with Gasteiger partial charge in [0.2, 0.25) is 5.82 Å². The van der Waals surface area contributed by atoms with Crippen LogP contribution in [0, 0.1) is 0 Å². The van der Waals surface area contributed by atoms with Gasteiger partial charge in [-0.1, -0.05) is 43.1 Å². The lowest BCUT2D eigenvalue weighted by molar-refractivity contribution is 0.0943. The number of para-hydroxylation sites is 1. The van der Waals surface area contributed by atoms with E-state index in [9.17, 15) is 4.79 Å². The molecule has 0 bridgehead atoms. The molecule has 0 unspecified atom stereocenters. The van der Waals surface area contributed by atoms with E-state index in [1.54, 1.807) is 18.2 Å². The van der Waals surface area contributed by atoms with E-state index in [-0.39, 0.29) is 30.1 Å². The molecule has 0 saturated carbocycles. The zero-order valence-corrected chi connectivity index (χ0v) is 15.8. The van der Waals surface area contributed by atoms with Crippen LogP contribution in [0.2, 0.25) is 10.0 Å². The molecule has 0 spiro atoms. The average Bonchev–Trinajstić information content (AvgIpc) is 2.92. The number of hydrogen-bond acceptors (Lipinski definition) is 4. The SMILES string of the molecule is CC(C)c1nc(C(=O)NCCCN)nn1-c1c(Cl)cccc1Cl.Cl. The minimum absolute atomic E-state index is 0. The van der Waals surface area contributed by atoms with E-state index in [2.05, 4.69) is 15.4 Å². The standard InChI is InChI=1S/C15H19Cl2N5O.ClH/c1-9(2)14-20-13(15(23)19-8-4-7-18)21-22(14)12-10(16)5-3-6-11(12)17;/h3,5-6,9H,4,7-8,18H2,1-2H3,(H,19,23);1H. The van der Waals surface area contributed by atoms with Crippen molar-refractivity contribution < 1.29 is 4.79 Å². The number of halogens is 3. The Balaban J connectivity index is 0.00000288. The number of nitrogens with one attached hydrogen (secondary N) is 1. The summed E-state index contributed by atoms with van der Waals surface area (Å²) in [6.45, 7) is 4.91. The van der Waals surface area contributed by atoms with E-state index in [1.807, 2.05) is 13.8 Å². The van der Waals surface area contributed by atoms with Crippen LogP contribution in [0.1, 0.15) is 42.6 Å². The molecule has 132 valence electrons. The van der Waals surface area contributed by atoms with Crippen molar-refractivity contribution in [2.75, 3.05) is 13.1 Å². The fraction of sp³-hybridized carbons (Fsp3) is 0.400. The maximum atomic E-state index is 12.2. The van der Waals surface area contributed by atoms with Gasteiger partial charge in [-0.05, 0) is 25.1 Å². The van der Waals surface area contributed by atoms with E-state index in [4.69, 9.17) is 28.9 Å². The molecule has 0 atom stereocenters. The van der Waals surface area contributed by atoms with Gasteiger partial charge in [0, 0.05) is 12.5 Å². The van der Waals surface area contributed by atoms with Gasteiger partial charge in [0.1, 0.15) is 11.5 Å². The van der Waals surface area contributed by atoms with Gasteiger partial charge in [-0.2, -0.15) is 0 Å². The molecule has 0 radical (unpaired) electrons. The number of nitrogens with two attached hydrogens (primary N) is 1. The van der Waals surface area contributed by atoms with Crippen molar-refractivity contribution in [3.63, 3.8) is 0 Å². The number of benzene rings is 1. The summed E-state index contributed by atoms with van der Waals surface area (Å²) in [5.41, 5.74) is 5.94. The first-order valence-electron chi connectivity index (χ1n) is 7.35. The van der Waals surface area contributed by atoms with Gasteiger partial charge in [0.25, 0.3) is 5.91 Å². The van der Waals surface area contributed by atoms with Gasteiger partial charge < -0.3 is 11.1 Å². The topological polar surface area (TPSA) is 85.8 Å². The molecule has 9 heteroatoms. The van der Waals surface area contributed by atoms with Crippen molar-refractivity contribution in [2.24, 2.45) is 5.73 Å². The number of rotatable bonds is 6. The van der Waals surface area contributed by atoms with Crippen LogP contribution in [0.4, 0.5) is 0 Å². The summed E-state index contributed by atoms with van der Waals surface area (Å²) >= 11 is 12.5. The monoisotopic (exact) mass is 391 g/mol. The lowest BCUT2D eigenvalue weighted by Gasteiger charge is -2.11. The molecule has 1 amide bonds. The number of aromatic nitrogens is 3. The summed E-state index contributed by atoms with van der Waals surface area (Å²) in [4.78, 5) is 16.5. The zero-order chi connectivity index (χ0) is 17.0. The van der Waals surface area contributed by atoms with Crippen molar-refractivity contribution >= 4 is 41.5 Å². The largest absolute Gasteiger partial charge is 0.349 e. The summed E-state index contributed by atoms with van der Waals surface area (Å²) in [6, 6.07) is 5.19. The summed E-state index contributed by atoms with van der Waals surface area (Å²) in [5.74, 6) is 0.397. The first-order chi connectivity index (χ1) is 11.0. The number of hydrogen-bond donors (Lipinski definition) is 2. The molecule has 0 aliphatic heterocycles. The normalized spacial score (nSPS) is 10.6. The summed E-state index contributed by atoms with van der Waals surface area (Å²) < 4.78 is 1.53. The second kappa shape index (κ2) is 9.22. The Morgan fingerprint density at radius 1 is 1.33 bits per heavy atom. The molecule has 3 N–H and O–H groups in total. The Kier molecular flexibility index (Phi) is 7.96. The zero-order valence-electron chi connectivity index (χ0n) is 13.4. The van der Waals surface area contributed by atoms with E-state index in [1.165, 1.54) is 4.68 Å². The predicted molar refractivity (Wildman–Crippen MR) is 98.7 cm³/mol. The average molecular weight is 393 g/mol. The number of nitrogens with zero attached hydrogens (tertiary/aromatic N) is 3. The highest BCUT2D eigenvalue weighted by Gasteiger charge is 2.21. The van der Waals surface area contributed by atoms with Gasteiger partial charge in [-0.25, -0.2) is 9.67 Å². The molecule has 2 aromatic rings. The van der Waals surface area contributed by atoms with Gasteiger partial charge in [-0.3, -0.25) is 4.79 Å². The van der Waals surface area contributed by atoms with Gasteiger partial charge in [0.15, 0.2) is 0 Å². The van der Waals surface area contributed by atoms with Crippen LogP contribution < -0.4 is 11.1 Å². The highest BCUT2D eigenvalue weighted by molar-refractivity contribution is 6.37. The molecular formula is C15H20Cl3N5O. The third kappa shape index (κ3) is 4.60. The van der Waals surface area contributed by atoms with E-state index in [0.29, 0.717) is 41.1 Å². The van der Waals surface area contributed by atoms with Gasteiger partial charge in [0.05, 0.1) is 10.0 Å². The smallest absolute Gasteiger partial charge is 0.290 e. The fourth-order valence-corrected chi connectivity index (χ4v) is 2.59. The van der Waals surface area contributed by atoms with Gasteiger partial charge in [-0.15, -0.1) is 17.5 Å². The molecular weight excluding hydrogens is 373 g/mol. The molecule has 0 fully saturated rings. The first kappa shape index (κ1) is 20.7. The summed E-state index contributed by atoms with van der Waals surface area (Å²) in [7, 11) is 0. The van der Waals surface area contributed by atoms with Crippen LogP contribution in [-0.4, -0.2) is 33.8 Å². The van der Waals surface area contributed by atoms with Crippen LogP contribution >= 0.6 is 35.6 Å². The lowest BCUT2D eigenvalue weighted by atomic mass is 10.2. The Hall–Kier alpha value is -1.34. The highest BCUT2D eigenvalue weighted by Crippen LogP contribution is 2.30. The molecule has 1 aromatic heterocycles. The number of carbonyl (C=O) groups is 1. The minimum Gasteiger partial charge on any atom is -0.349 e. The Morgan fingerprint density at radius 3 is 2.50 bits per heavy atom. The van der Waals surface area contributed by atoms with Crippen LogP contribution in [0.3, 0.4) is 0 Å². The predicted octanol–water partition coefficient (Wildman–Crippen LogP) is 3.20. The van der Waals surface area contributed by atoms with Crippen LogP contribution in [0.5, 0.6) is 0 Å². The Labute approximate surface area is 157 Å². The molecule has 24 heavy (non-hydrogen) atoms.